The number of hydrogen-bond donors (Lipinski definition) is 1. The molecule has 28 heavy (non-hydrogen) atoms. The predicted octanol–water partition coefficient (Wildman–Crippen LogP) is 0.437. The second-order valence-electron chi connectivity index (χ2n) is 7.36. The highest BCUT2D eigenvalue weighted by Crippen LogP contribution is 2.16. The van der Waals surface area contributed by atoms with E-state index in [2.05, 4.69) is 15.4 Å². The molecule has 0 atom stereocenters. The van der Waals surface area contributed by atoms with Crippen LogP contribution < -0.4 is 10.2 Å². The molecule has 2 amide bonds. The number of carbonyl (C=O) groups excluding carboxylic acids is 2. The average Bonchev–Trinajstić information content (AvgIpc) is 2.94. The molecule has 9 heteroatoms. The summed E-state index contributed by atoms with van der Waals surface area (Å²) in [6.07, 6.45) is 8.63. The molecule has 2 aliphatic rings. The summed E-state index contributed by atoms with van der Waals surface area (Å²) in [7, 11) is 3.54. The lowest BCUT2D eigenvalue weighted by Gasteiger charge is -2.35. The van der Waals surface area contributed by atoms with Gasteiger partial charge in [0, 0.05) is 59.4 Å². The monoisotopic (exact) mass is 389 g/mol. The molecule has 2 saturated heterocycles. The van der Waals surface area contributed by atoms with Gasteiger partial charge >= 0.3 is 0 Å². The molecule has 3 heterocycles. The quantitative estimate of drug-likeness (QED) is 0.596. The van der Waals surface area contributed by atoms with Crippen molar-refractivity contribution >= 4 is 23.5 Å². The maximum atomic E-state index is 12.6. The van der Waals surface area contributed by atoms with Gasteiger partial charge in [0.05, 0.1) is 11.9 Å². The molecule has 2 fully saturated rings. The zero-order chi connectivity index (χ0) is 19.9. The van der Waals surface area contributed by atoms with Crippen LogP contribution in [0.2, 0.25) is 0 Å². The van der Waals surface area contributed by atoms with Crippen molar-refractivity contribution in [2.75, 3.05) is 51.2 Å². The van der Waals surface area contributed by atoms with E-state index in [1.54, 1.807) is 22.8 Å². The Morgan fingerprint density at radius 3 is 2.50 bits per heavy atom. The summed E-state index contributed by atoms with van der Waals surface area (Å²) in [5.41, 5.74) is 0.818. The second kappa shape index (κ2) is 9.57. The van der Waals surface area contributed by atoms with Crippen LogP contribution in [-0.2, 0) is 16.6 Å². The topological polar surface area (TPSA) is 86.1 Å². The molecule has 3 rings (SSSR count). The van der Waals surface area contributed by atoms with E-state index < -0.39 is 0 Å². The smallest absolute Gasteiger partial charge is 0.246 e. The lowest BCUT2D eigenvalue weighted by atomic mass is 10.2. The van der Waals surface area contributed by atoms with E-state index in [1.165, 1.54) is 12.8 Å². The summed E-state index contributed by atoms with van der Waals surface area (Å²) < 4.78 is 1.69. The van der Waals surface area contributed by atoms with Crippen molar-refractivity contribution in [3.63, 3.8) is 0 Å². The number of nitrogens with one attached hydrogen (secondary N) is 1. The fourth-order valence-electron chi connectivity index (χ4n) is 3.77. The van der Waals surface area contributed by atoms with Crippen LogP contribution in [0.4, 0.5) is 5.69 Å². The molecule has 1 aromatic rings. The second-order valence-corrected chi connectivity index (χ2v) is 7.36. The zero-order valence-corrected chi connectivity index (χ0v) is 16.9. The number of aliphatic imine (C=N–C) groups is 1. The van der Waals surface area contributed by atoms with Gasteiger partial charge < -0.3 is 20.0 Å². The van der Waals surface area contributed by atoms with Gasteiger partial charge in [0.2, 0.25) is 11.8 Å². The molecule has 9 nitrogen and oxygen atoms in total. The number of hydrogen-bond acceptors (Lipinski definition) is 4. The molecule has 0 saturated carbocycles. The Morgan fingerprint density at radius 2 is 1.89 bits per heavy atom. The third-order valence-electron chi connectivity index (χ3n) is 5.32. The molecule has 0 radical (unpaired) electrons. The number of aryl methyl sites for hydroxylation is 1. The van der Waals surface area contributed by atoms with Crippen LogP contribution in [0.3, 0.4) is 0 Å². The van der Waals surface area contributed by atoms with E-state index >= 15 is 0 Å². The average molecular weight is 390 g/mol. The highest BCUT2D eigenvalue weighted by molar-refractivity contribution is 5.98. The van der Waals surface area contributed by atoms with Crippen molar-refractivity contribution in [1.29, 1.82) is 0 Å². The van der Waals surface area contributed by atoms with E-state index in [0.29, 0.717) is 32.0 Å². The summed E-state index contributed by atoms with van der Waals surface area (Å²) >= 11 is 0. The molecule has 0 aromatic carbocycles. The van der Waals surface area contributed by atoms with Gasteiger partial charge in [-0.25, -0.2) is 0 Å². The van der Waals surface area contributed by atoms with Crippen LogP contribution in [0.15, 0.2) is 17.4 Å². The summed E-state index contributed by atoms with van der Waals surface area (Å²) in [4.78, 5) is 34.9. The van der Waals surface area contributed by atoms with Gasteiger partial charge in [0.15, 0.2) is 5.96 Å². The first-order chi connectivity index (χ1) is 13.6. The van der Waals surface area contributed by atoms with Gasteiger partial charge in [-0.3, -0.25) is 19.3 Å². The fraction of sp³-hybridized carbons (Fsp3) is 0.684. The number of likely N-dealkylation sites (tertiary alicyclic amines) is 1. The van der Waals surface area contributed by atoms with Gasteiger partial charge in [-0.15, -0.1) is 0 Å². The zero-order valence-electron chi connectivity index (χ0n) is 16.9. The van der Waals surface area contributed by atoms with E-state index in [4.69, 9.17) is 0 Å². The standard InChI is InChI=1S/C19H31N7O2/c1-20-19(21-8-7-17(27)24-9-5-3-4-6-10-24)25-11-12-26(18(28)15-25)16-13-22-23(2)14-16/h13-14H,3-12,15H2,1-2H3,(H,20,21). The number of nitrogens with zero attached hydrogens (tertiary/aromatic N) is 6. The third kappa shape index (κ3) is 5.02. The van der Waals surface area contributed by atoms with Crippen LogP contribution in [-0.4, -0.2) is 83.7 Å². The lowest BCUT2D eigenvalue weighted by molar-refractivity contribution is -0.131. The Labute approximate surface area is 166 Å². The Hall–Kier alpha value is -2.58. The molecule has 2 aliphatic heterocycles. The Kier molecular flexibility index (Phi) is 6.89. The van der Waals surface area contributed by atoms with Crippen LogP contribution in [0.25, 0.3) is 0 Å². The fourth-order valence-corrected chi connectivity index (χ4v) is 3.77. The number of aromatic nitrogens is 2. The largest absolute Gasteiger partial charge is 0.356 e. The van der Waals surface area contributed by atoms with Gasteiger partial charge in [0.25, 0.3) is 0 Å². The molecule has 0 spiro atoms. The van der Waals surface area contributed by atoms with Crippen molar-refractivity contribution < 1.29 is 9.59 Å². The first kappa shape index (κ1) is 20.2. The van der Waals surface area contributed by atoms with Crippen LogP contribution >= 0.6 is 0 Å². The highest BCUT2D eigenvalue weighted by Gasteiger charge is 2.27. The minimum absolute atomic E-state index is 0.0165. The molecule has 0 bridgehead atoms. The van der Waals surface area contributed by atoms with Crippen molar-refractivity contribution in [2.45, 2.75) is 32.1 Å². The lowest BCUT2D eigenvalue weighted by Crippen LogP contribution is -2.55. The molecule has 0 aliphatic carbocycles. The number of piperazine rings is 1. The van der Waals surface area contributed by atoms with E-state index in [9.17, 15) is 9.59 Å². The maximum absolute atomic E-state index is 12.6. The number of guanidine groups is 1. The van der Waals surface area contributed by atoms with Crippen LogP contribution in [0.1, 0.15) is 32.1 Å². The number of amides is 2. The van der Waals surface area contributed by atoms with Gasteiger partial charge in [-0.1, -0.05) is 12.8 Å². The van der Waals surface area contributed by atoms with Crippen LogP contribution in [0.5, 0.6) is 0 Å². The minimum atomic E-state index is 0.0165. The van der Waals surface area contributed by atoms with E-state index in [1.807, 2.05) is 23.0 Å². The Bertz CT molecular complexity index is 707. The first-order valence-corrected chi connectivity index (χ1v) is 10.1. The molecule has 1 N–H and O–H groups in total. The van der Waals surface area contributed by atoms with Crippen molar-refractivity contribution in [1.82, 2.24) is 24.9 Å². The highest BCUT2D eigenvalue weighted by atomic mass is 16.2. The van der Waals surface area contributed by atoms with Gasteiger partial charge in [-0.2, -0.15) is 5.10 Å². The normalized spacial score (nSPS) is 19.0. The SMILES string of the molecule is CN=C(NCCC(=O)N1CCCCCC1)N1CCN(c2cnn(C)c2)C(=O)C1. The van der Waals surface area contributed by atoms with Gasteiger partial charge in [-0.05, 0) is 12.8 Å². The summed E-state index contributed by atoms with van der Waals surface area (Å²) in [5.74, 6) is 0.882. The number of rotatable bonds is 4. The third-order valence-corrected chi connectivity index (χ3v) is 5.32. The van der Waals surface area contributed by atoms with E-state index in [0.717, 1.165) is 31.6 Å². The predicted molar refractivity (Wildman–Crippen MR) is 108 cm³/mol. The van der Waals surface area contributed by atoms with E-state index in [-0.39, 0.29) is 18.4 Å². The summed E-state index contributed by atoms with van der Waals surface area (Å²) in [5, 5.41) is 7.38. The molecule has 154 valence electrons. The Morgan fingerprint density at radius 1 is 1.14 bits per heavy atom. The molecule has 0 unspecified atom stereocenters. The first-order valence-electron chi connectivity index (χ1n) is 10.1. The van der Waals surface area contributed by atoms with Crippen molar-refractivity contribution in [3.05, 3.63) is 12.4 Å². The van der Waals surface area contributed by atoms with Gasteiger partial charge in [0.1, 0.15) is 6.54 Å². The number of carbonyl (C=O) groups is 2. The Balaban J connectivity index is 1.46. The molecular formula is C19H31N7O2. The van der Waals surface area contributed by atoms with Crippen molar-refractivity contribution in [3.8, 4) is 0 Å². The van der Waals surface area contributed by atoms with Crippen LogP contribution in [0, 0.1) is 0 Å². The van der Waals surface area contributed by atoms with Crippen molar-refractivity contribution in [2.24, 2.45) is 12.0 Å². The summed E-state index contributed by atoms with van der Waals surface area (Å²) in [6.45, 7) is 3.79. The maximum Gasteiger partial charge on any atom is 0.246 e. The summed E-state index contributed by atoms with van der Waals surface area (Å²) in [6, 6.07) is 0. The molecule has 1 aromatic heterocycles. The molecular weight excluding hydrogens is 358 g/mol. The number of anilines is 1. The minimum Gasteiger partial charge on any atom is -0.356 e.